The molecule has 2 atom stereocenters. The molecule has 0 amide bonds. The van der Waals surface area contributed by atoms with Crippen molar-refractivity contribution in [2.24, 2.45) is 5.73 Å². The van der Waals surface area contributed by atoms with E-state index >= 15 is 0 Å². The van der Waals surface area contributed by atoms with E-state index in [2.05, 4.69) is 36.7 Å². The highest BCUT2D eigenvalue weighted by molar-refractivity contribution is 5.13. The third kappa shape index (κ3) is 2.67. The SMILES string of the molecule is CC(C)(C)N1CCCC(N)C1c1ccccn1. The van der Waals surface area contributed by atoms with Gasteiger partial charge in [0.05, 0.1) is 11.7 Å². The van der Waals surface area contributed by atoms with Crippen LogP contribution in [0, 0.1) is 0 Å². The predicted molar refractivity (Wildman–Crippen MR) is 70.6 cm³/mol. The smallest absolute Gasteiger partial charge is 0.0677 e. The largest absolute Gasteiger partial charge is 0.326 e. The molecule has 1 aliphatic heterocycles. The molecule has 1 aromatic heterocycles. The van der Waals surface area contributed by atoms with Gasteiger partial charge in [-0.15, -0.1) is 0 Å². The molecule has 2 unspecified atom stereocenters. The summed E-state index contributed by atoms with van der Waals surface area (Å²) in [6.07, 6.45) is 4.13. The van der Waals surface area contributed by atoms with Crippen molar-refractivity contribution < 1.29 is 0 Å². The second kappa shape index (κ2) is 4.75. The number of hydrogen-bond donors (Lipinski definition) is 1. The quantitative estimate of drug-likeness (QED) is 0.809. The van der Waals surface area contributed by atoms with Crippen LogP contribution in [0.5, 0.6) is 0 Å². The molecule has 1 saturated heterocycles. The Hall–Kier alpha value is -0.930. The summed E-state index contributed by atoms with van der Waals surface area (Å²) in [6, 6.07) is 6.54. The van der Waals surface area contributed by atoms with Gasteiger partial charge in [0.1, 0.15) is 0 Å². The monoisotopic (exact) mass is 233 g/mol. The van der Waals surface area contributed by atoms with Crippen LogP contribution in [0.4, 0.5) is 0 Å². The van der Waals surface area contributed by atoms with Crippen molar-refractivity contribution in [2.45, 2.75) is 51.2 Å². The summed E-state index contributed by atoms with van der Waals surface area (Å²) in [7, 11) is 0. The maximum Gasteiger partial charge on any atom is 0.0677 e. The number of piperidine rings is 1. The number of hydrogen-bond acceptors (Lipinski definition) is 3. The molecule has 0 saturated carbocycles. The molecule has 0 bridgehead atoms. The second-order valence-corrected chi connectivity index (χ2v) is 5.87. The fourth-order valence-electron chi connectivity index (χ4n) is 2.71. The Labute approximate surface area is 104 Å². The highest BCUT2D eigenvalue weighted by Crippen LogP contribution is 2.34. The zero-order chi connectivity index (χ0) is 12.5. The molecular formula is C14H23N3. The van der Waals surface area contributed by atoms with Crippen LogP contribution >= 0.6 is 0 Å². The zero-order valence-electron chi connectivity index (χ0n) is 11.1. The molecule has 3 nitrogen and oxygen atoms in total. The van der Waals surface area contributed by atoms with Gasteiger partial charge in [0.25, 0.3) is 0 Å². The third-order valence-corrected chi connectivity index (χ3v) is 3.53. The third-order valence-electron chi connectivity index (χ3n) is 3.53. The van der Waals surface area contributed by atoms with Gasteiger partial charge in [-0.3, -0.25) is 9.88 Å². The molecule has 0 aromatic carbocycles. The number of aromatic nitrogens is 1. The number of nitrogens with two attached hydrogens (primary N) is 1. The summed E-state index contributed by atoms with van der Waals surface area (Å²) in [6.45, 7) is 7.86. The molecule has 1 fully saturated rings. The Bertz CT molecular complexity index is 355. The Morgan fingerprint density at radius 1 is 1.35 bits per heavy atom. The van der Waals surface area contributed by atoms with E-state index in [1.165, 1.54) is 6.42 Å². The van der Waals surface area contributed by atoms with E-state index in [0.29, 0.717) is 0 Å². The first kappa shape index (κ1) is 12.5. The summed E-state index contributed by atoms with van der Waals surface area (Å²) in [4.78, 5) is 6.98. The molecule has 0 spiro atoms. The lowest BCUT2D eigenvalue weighted by Crippen LogP contribution is -2.53. The second-order valence-electron chi connectivity index (χ2n) is 5.87. The summed E-state index contributed by atoms with van der Waals surface area (Å²) in [5.41, 5.74) is 7.56. The zero-order valence-corrected chi connectivity index (χ0v) is 11.1. The molecule has 3 heteroatoms. The fourth-order valence-corrected chi connectivity index (χ4v) is 2.71. The van der Waals surface area contributed by atoms with Gasteiger partial charge < -0.3 is 5.73 Å². The highest BCUT2D eigenvalue weighted by atomic mass is 15.2. The molecule has 94 valence electrons. The lowest BCUT2D eigenvalue weighted by Gasteiger charge is -2.47. The van der Waals surface area contributed by atoms with E-state index < -0.39 is 0 Å². The normalized spacial score (nSPS) is 27.1. The molecule has 0 radical (unpaired) electrons. The minimum Gasteiger partial charge on any atom is -0.326 e. The van der Waals surface area contributed by atoms with Gasteiger partial charge in [0, 0.05) is 17.8 Å². The average molecular weight is 233 g/mol. The topological polar surface area (TPSA) is 42.1 Å². The Morgan fingerprint density at radius 2 is 2.12 bits per heavy atom. The van der Waals surface area contributed by atoms with Crippen LogP contribution in [0.25, 0.3) is 0 Å². The van der Waals surface area contributed by atoms with Gasteiger partial charge in [-0.2, -0.15) is 0 Å². The molecular weight excluding hydrogens is 210 g/mol. The average Bonchev–Trinajstić information content (AvgIpc) is 2.28. The number of nitrogens with zero attached hydrogens (tertiary/aromatic N) is 2. The standard InChI is InChI=1S/C14H23N3/c1-14(2,3)17-10-6-7-11(15)13(17)12-8-4-5-9-16-12/h4-5,8-9,11,13H,6-7,10,15H2,1-3H3. The van der Waals surface area contributed by atoms with Gasteiger partial charge in [0.15, 0.2) is 0 Å². The number of likely N-dealkylation sites (tertiary alicyclic amines) is 1. The van der Waals surface area contributed by atoms with Gasteiger partial charge >= 0.3 is 0 Å². The first-order chi connectivity index (χ1) is 8.00. The van der Waals surface area contributed by atoms with Crippen molar-refractivity contribution in [3.8, 4) is 0 Å². The van der Waals surface area contributed by atoms with Crippen LogP contribution in [0.15, 0.2) is 24.4 Å². The van der Waals surface area contributed by atoms with Crippen molar-refractivity contribution in [3.63, 3.8) is 0 Å². The predicted octanol–water partition coefficient (Wildman–Crippen LogP) is 2.34. The molecule has 0 aliphatic carbocycles. The lowest BCUT2D eigenvalue weighted by atomic mass is 9.89. The van der Waals surface area contributed by atoms with Crippen LogP contribution in [0.3, 0.4) is 0 Å². The molecule has 2 N–H and O–H groups in total. The minimum absolute atomic E-state index is 0.139. The first-order valence-corrected chi connectivity index (χ1v) is 6.43. The highest BCUT2D eigenvalue weighted by Gasteiger charge is 2.36. The lowest BCUT2D eigenvalue weighted by molar-refractivity contribution is 0.0363. The van der Waals surface area contributed by atoms with Crippen LogP contribution < -0.4 is 5.73 Å². The van der Waals surface area contributed by atoms with Crippen molar-refractivity contribution in [3.05, 3.63) is 30.1 Å². The Balaban J connectivity index is 2.32. The summed E-state index contributed by atoms with van der Waals surface area (Å²) in [5.74, 6) is 0. The number of rotatable bonds is 1. The molecule has 1 aliphatic rings. The maximum absolute atomic E-state index is 6.32. The summed E-state index contributed by atoms with van der Waals surface area (Å²) in [5, 5.41) is 0. The van der Waals surface area contributed by atoms with Gasteiger partial charge in [0.2, 0.25) is 0 Å². The van der Waals surface area contributed by atoms with E-state index in [4.69, 9.17) is 5.73 Å². The van der Waals surface area contributed by atoms with Gasteiger partial charge in [-0.25, -0.2) is 0 Å². The van der Waals surface area contributed by atoms with Crippen molar-refractivity contribution in [1.82, 2.24) is 9.88 Å². The van der Waals surface area contributed by atoms with Crippen molar-refractivity contribution >= 4 is 0 Å². The van der Waals surface area contributed by atoms with Gasteiger partial charge in [-0.05, 0) is 52.3 Å². The Morgan fingerprint density at radius 3 is 2.71 bits per heavy atom. The molecule has 1 aromatic rings. The van der Waals surface area contributed by atoms with E-state index in [1.807, 2.05) is 18.3 Å². The molecule has 2 rings (SSSR count). The van der Waals surface area contributed by atoms with E-state index in [9.17, 15) is 0 Å². The number of pyridine rings is 1. The maximum atomic E-state index is 6.32. The Kier molecular flexibility index (Phi) is 3.50. The van der Waals surface area contributed by atoms with Gasteiger partial charge in [-0.1, -0.05) is 6.07 Å². The van der Waals surface area contributed by atoms with Crippen molar-refractivity contribution in [2.75, 3.05) is 6.54 Å². The van der Waals surface area contributed by atoms with Crippen LogP contribution in [0.1, 0.15) is 45.3 Å². The first-order valence-electron chi connectivity index (χ1n) is 6.43. The van der Waals surface area contributed by atoms with Crippen LogP contribution in [-0.2, 0) is 0 Å². The summed E-state index contributed by atoms with van der Waals surface area (Å²) >= 11 is 0. The fraction of sp³-hybridized carbons (Fsp3) is 0.643. The molecule has 2 heterocycles. The van der Waals surface area contributed by atoms with Crippen molar-refractivity contribution in [1.29, 1.82) is 0 Å². The van der Waals surface area contributed by atoms with E-state index in [-0.39, 0.29) is 17.6 Å². The van der Waals surface area contributed by atoms with E-state index in [0.717, 1.165) is 18.7 Å². The van der Waals surface area contributed by atoms with E-state index in [1.54, 1.807) is 0 Å². The molecule has 17 heavy (non-hydrogen) atoms. The summed E-state index contributed by atoms with van der Waals surface area (Å²) < 4.78 is 0. The van der Waals surface area contributed by atoms with Crippen LogP contribution in [-0.4, -0.2) is 28.0 Å². The van der Waals surface area contributed by atoms with Crippen LogP contribution in [0.2, 0.25) is 0 Å². The minimum atomic E-state index is 0.139.